The molecule has 0 bridgehead atoms. The Kier molecular flexibility index (Phi) is 4.92. The average Bonchev–Trinajstić information content (AvgIpc) is 3.20. The number of carbonyl (C=O) groups excluding carboxylic acids is 1. The Balaban J connectivity index is 1.47. The second-order valence-corrected chi connectivity index (χ2v) is 7.13. The molecule has 2 aliphatic rings. The van der Waals surface area contributed by atoms with E-state index in [1.807, 2.05) is 0 Å². The minimum absolute atomic E-state index is 0.244. The Morgan fingerprint density at radius 2 is 2.12 bits per heavy atom. The summed E-state index contributed by atoms with van der Waals surface area (Å²) < 4.78 is 15.1. The first-order valence-corrected chi connectivity index (χ1v) is 9.27. The lowest BCUT2D eigenvalue weighted by atomic mass is 9.83. The van der Waals surface area contributed by atoms with Crippen LogP contribution in [0.1, 0.15) is 42.5 Å². The van der Waals surface area contributed by atoms with Gasteiger partial charge in [-0.2, -0.15) is 4.68 Å². The lowest BCUT2D eigenvalue weighted by Gasteiger charge is -2.44. The van der Waals surface area contributed by atoms with Crippen LogP contribution in [-0.4, -0.2) is 56.7 Å². The van der Waals surface area contributed by atoms with Crippen LogP contribution in [0, 0.1) is 11.7 Å². The van der Waals surface area contributed by atoms with Gasteiger partial charge in [-0.1, -0.05) is 6.42 Å². The molecule has 1 amide bonds. The molecule has 1 N–H and O–H groups in total. The molecule has 7 nitrogen and oxygen atoms in total. The van der Waals surface area contributed by atoms with Gasteiger partial charge in [-0.25, -0.2) is 4.39 Å². The van der Waals surface area contributed by atoms with Crippen molar-refractivity contribution in [3.8, 4) is 5.69 Å². The van der Waals surface area contributed by atoms with Crippen molar-refractivity contribution in [2.24, 2.45) is 5.92 Å². The second-order valence-electron chi connectivity index (χ2n) is 7.13. The molecule has 3 heterocycles. The van der Waals surface area contributed by atoms with Gasteiger partial charge in [-0.05, 0) is 73.3 Å². The quantitative estimate of drug-likeness (QED) is 0.902. The van der Waals surface area contributed by atoms with Crippen molar-refractivity contribution >= 4 is 5.91 Å². The van der Waals surface area contributed by atoms with Crippen LogP contribution in [-0.2, 0) is 0 Å². The minimum Gasteiger partial charge on any atom is -0.352 e. The molecule has 8 heteroatoms. The number of rotatable bonds is 4. The Bertz CT molecular complexity index is 763. The number of piperidine rings is 2. The standard InChI is InChI=1S/C18H23FN6O/c19-14-6-7-17(25-12-21-22-23-25)15(10-14)18(26)20-11-13-4-3-9-24-8-2-1-5-16(13)24/h6-7,10,12-13,16H,1-5,8-9,11H2,(H,20,26). The molecule has 0 saturated carbocycles. The Labute approximate surface area is 151 Å². The number of hydrogen-bond donors (Lipinski definition) is 1. The van der Waals surface area contributed by atoms with E-state index in [1.54, 1.807) is 0 Å². The number of fused-ring (bicyclic) bond motifs is 1. The summed E-state index contributed by atoms with van der Waals surface area (Å²) in [6.07, 6.45) is 7.44. The van der Waals surface area contributed by atoms with Crippen molar-refractivity contribution in [1.29, 1.82) is 0 Å². The molecule has 2 unspecified atom stereocenters. The zero-order chi connectivity index (χ0) is 17.9. The first-order chi connectivity index (χ1) is 12.7. The predicted octanol–water partition coefficient (Wildman–Crippen LogP) is 1.80. The molecule has 4 rings (SSSR count). The van der Waals surface area contributed by atoms with Crippen LogP contribution >= 0.6 is 0 Å². The van der Waals surface area contributed by atoms with E-state index in [-0.39, 0.29) is 11.5 Å². The third kappa shape index (κ3) is 3.46. The normalized spacial score (nSPS) is 23.4. The summed E-state index contributed by atoms with van der Waals surface area (Å²) in [6.45, 7) is 2.95. The number of halogens is 1. The fraction of sp³-hybridized carbons (Fsp3) is 0.556. The van der Waals surface area contributed by atoms with Crippen molar-refractivity contribution in [3.63, 3.8) is 0 Å². The van der Waals surface area contributed by atoms with E-state index >= 15 is 0 Å². The average molecular weight is 358 g/mol. The topological polar surface area (TPSA) is 75.9 Å². The van der Waals surface area contributed by atoms with Crippen LogP contribution in [0.5, 0.6) is 0 Å². The van der Waals surface area contributed by atoms with Crippen molar-refractivity contribution in [1.82, 2.24) is 30.4 Å². The van der Waals surface area contributed by atoms with Gasteiger partial charge in [0, 0.05) is 12.6 Å². The molecule has 2 fully saturated rings. The number of nitrogens with one attached hydrogen (secondary N) is 1. The molecule has 0 spiro atoms. The number of tetrazole rings is 1. The maximum Gasteiger partial charge on any atom is 0.253 e. The molecule has 138 valence electrons. The van der Waals surface area contributed by atoms with E-state index in [0.29, 0.717) is 24.2 Å². The van der Waals surface area contributed by atoms with E-state index in [9.17, 15) is 9.18 Å². The van der Waals surface area contributed by atoms with E-state index in [0.717, 1.165) is 6.42 Å². The number of nitrogens with zero attached hydrogens (tertiary/aromatic N) is 5. The van der Waals surface area contributed by atoms with Gasteiger partial charge >= 0.3 is 0 Å². The number of carbonyl (C=O) groups is 1. The first kappa shape index (κ1) is 17.1. The molecular formula is C18H23FN6O. The SMILES string of the molecule is O=C(NCC1CCCN2CCCCC12)c1cc(F)ccc1-n1cnnn1. The highest BCUT2D eigenvalue weighted by Gasteiger charge is 2.33. The number of benzene rings is 1. The fourth-order valence-corrected chi connectivity index (χ4v) is 4.30. The third-order valence-corrected chi connectivity index (χ3v) is 5.55. The number of hydrogen-bond acceptors (Lipinski definition) is 5. The van der Waals surface area contributed by atoms with Gasteiger partial charge in [0.2, 0.25) is 0 Å². The molecule has 1 aromatic carbocycles. The van der Waals surface area contributed by atoms with E-state index in [2.05, 4.69) is 25.7 Å². The van der Waals surface area contributed by atoms with E-state index in [1.165, 1.54) is 68.0 Å². The molecule has 1 aromatic heterocycles. The van der Waals surface area contributed by atoms with Gasteiger partial charge < -0.3 is 10.2 Å². The monoisotopic (exact) mass is 358 g/mol. The molecule has 0 radical (unpaired) electrons. The van der Waals surface area contributed by atoms with Gasteiger partial charge in [0.25, 0.3) is 5.91 Å². The van der Waals surface area contributed by atoms with Gasteiger partial charge in [0.05, 0.1) is 11.3 Å². The van der Waals surface area contributed by atoms with Crippen molar-refractivity contribution in [2.75, 3.05) is 19.6 Å². The maximum absolute atomic E-state index is 13.7. The highest BCUT2D eigenvalue weighted by atomic mass is 19.1. The molecule has 0 aliphatic carbocycles. The summed E-state index contributed by atoms with van der Waals surface area (Å²) in [5.74, 6) is -0.288. The molecular weight excluding hydrogens is 335 g/mol. The summed E-state index contributed by atoms with van der Waals surface area (Å²) in [4.78, 5) is 15.3. The predicted molar refractivity (Wildman–Crippen MR) is 93.4 cm³/mol. The van der Waals surface area contributed by atoms with Crippen LogP contribution in [0.2, 0.25) is 0 Å². The smallest absolute Gasteiger partial charge is 0.253 e. The summed E-state index contributed by atoms with van der Waals surface area (Å²) in [5, 5.41) is 14.0. The van der Waals surface area contributed by atoms with Gasteiger partial charge in [-0.15, -0.1) is 5.10 Å². The zero-order valence-electron chi connectivity index (χ0n) is 14.6. The Morgan fingerprint density at radius 3 is 2.96 bits per heavy atom. The minimum atomic E-state index is -0.455. The summed E-state index contributed by atoms with van der Waals surface area (Å²) in [5.41, 5.74) is 0.713. The van der Waals surface area contributed by atoms with Crippen LogP contribution in [0.15, 0.2) is 24.5 Å². The summed E-state index contributed by atoms with van der Waals surface area (Å²) in [7, 11) is 0. The molecule has 2 aliphatic heterocycles. The molecule has 2 aromatic rings. The molecule has 2 atom stereocenters. The van der Waals surface area contributed by atoms with Crippen molar-refractivity contribution in [3.05, 3.63) is 35.9 Å². The van der Waals surface area contributed by atoms with Gasteiger partial charge in [-0.3, -0.25) is 4.79 Å². The highest BCUT2D eigenvalue weighted by Crippen LogP contribution is 2.30. The van der Waals surface area contributed by atoms with Crippen LogP contribution in [0.4, 0.5) is 4.39 Å². The molecule has 26 heavy (non-hydrogen) atoms. The van der Waals surface area contributed by atoms with Crippen LogP contribution in [0.25, 0.3) is 5.69 Å². The molecule has 2 saturated heterocycles. The van der Waals surface area contributed by atoms with E-state index in [4.69, 9.17) is 0 Å². The lowest BCUT2D eigenvalue weighted by Crippen LogP contribution is -2.51. The van der Waals surface area contributed by atoms with Crippen LogP contribution in [0.3, 0.4) is 0 Å². The number of aromatic nitrogens is 4. The fourth-order valence-electron chi connectivity index (χ4n) is 4.30. The van der Waals surface area contributed by atoms with Crippen molar-refractivity contribution in [2.45, 2.75) is 38.1 Å². The Morgan fingerprint density at radius 1 is 1.23 bits per heavy atom. The van der Waals surface area contributed by atoms with Crippen molar-refractivity contribution < 1.29 is 9.18 Å². The highest BCUT2D eigenvalue weighted by molar-refractivity contribution is 5.97. The Hall–Kier alpha value is -2.35. The van der Waals surface area contributed by atoms with Crippen LogP contribution < -0.4 is 5.32 Å². The van der Waals surface area contributed by atoms with Gasteiger partial charge in [0.15, 0.2) is 0 Å². The maximum atomic E-state index is 13.7. The first-order valence-electron chi connectivity index (χ1n) is 9.27. The second kappa shape index (κ2) is 7.49. The third-order valence-electron chi connectivity index (χ3n) is 5.55. The summed E-state index contributed by atoms with van der Waals surface area (Å²) in [6, 6.07) is 4.61. The number of amides is 1. The van der Waals surface area contributed by atoms with Gasteiger partial charge in [0.1, 0.15) is 12.1 Å². The largest absolute Gasteiger partial charge is 0.352 e. The van der Waals surface area contributed by atoms with E-state index < -0.39 is 5.82 Å². The lowest BCUT2D eigenvalue weighted by molar-refractivity contribution is 0.0575. The summed E-state index contributed by atoms with van der Waals surface area (Å²) >= 11 is 0. The zero-order valence-corrected chi connectivity index (χ0v) is 14.6.